The summed E-state index contributed by atoms with van der Waals surface area (Å²) in [5.74, 6) is -0.632. The molecule has 2 rings (SSSR count). The molecule has 2 aromatic rings. The fraction of sp³-hybridized carbons (Fsp3) is 0.263. The van der Waals surface area contributed by atoms with E-state index in [2.05, 4.69) is 22.5 Å². The number of unbranched alkanes of at least 4 members (excludes halogenated alkanes) is 2. The highest BCUT2D eigenvalue weighted by Gasteiger charge is 2.11. The number of nitriles is 1. The number of benzene rings is 1. The Bertz CT molecular complexity index is 796. The molecule has 0 unspecified atom stereocenters. The molecular weight excluding hydrogens is 316 g/mol. The summed E-state index contributed by atoms with van der Waals surface area (Å²) in [5, 5.41) is 14.4. The standard InChI is InChI=1S/C19H20N4O2/c1-2-3-4-8-22-18(24)15-10-16(13-21-12-15)19(25)23-17-7-5-6-14(9-17)11-20/h5-7,9-10,12-13H,2-4,8H2,1H3,(H,22,24)(H,23,25). The van der Waals surface area contributed by atoms with Gasteiger partial charge >= 0.3 is 0 Å². The van der Waals surface area contributed by atoms with Crippen molar-refractivity contribution in [2.75, 3.05) is 11.9 Å². The fourth-order valence-corrected chi connectivity index (χ4v) is 2.24. The van der Waals surface area contributed by atoms with Crippen molar-refractivity contribution in [2.24, 2.45) is 0 Å². The predicted molar refractivity (Wildman–Crippen MR) is 95.2 cm³/mol. The van der Waals surface area contributed by atoms with E-state index in [0.29, 0.717) is 23.4 Å². The number of nitrogens with one attached hydrogen (secondary N) is 2. The maximum Gasteiger partial charge on any atom is 0.257 e. The highest BCUT2D eigenvalue weighted by atomic mass is 16.2. The summed E-state index contributed by atoms with van der Waals surface area (Å²) in [7, 11) is 0. The van der Waals surface area contributed by atoms with Crippen LogP contribution in [0.2, 0.25) is 0 Å². The number of carbonyl (C=O) groups is 2. The van der Waals surface area contributed by atoms with E-state index in [4.69, 9.17) is 5.26 Å². The Morgan fingerprint density at radius 1 is 1.12 bits per heavy atom. The van der Waals surface area contributed by atoms with Gasteiger partial charge in [-0.05, 0) is 30.7 Å². The summed E-state index contributed by atoms with van der Waals surface area (Å²) in [6, 6.07) is 10.1. The number of nitrogens with zero attached hydrogens (tertiary/aromatic N) is 2. The van der Waals surface area contributed by atoms with Gasteiger partial charge in [-0.15, -0.1) is 0 Å². The molecule has 0 spiro atoms. The number of rotatable bonds is 7. The monoisotopic (exact) mass is 336 g/mol. The van der Waals surface area contributed by atoms with Gasteiger partial charge in [0.05, 0.1) is 22.8 Å². The van der Waals surface area contributed by atoms with Crippen LogP contribution in [-0.4, -0.2) is 23.3 Å². The first-order valence-electron chi connectivity index (χ1n) is 8.18. The molecule has 2 amide bonds. The van der Waals surface area contributed by atoms with Crippen LogP contribution in [0.15, 0.2) is 42.7 Å². The molecule has 1 aromatic carbocycles. The number of amides is 2. The zero-order valence-corrected chi connectivity index (χ0v) is 14.1. The summed E-state index contributed by atoms with van der Waals surface area (Å²) in [6.07, 6.45) is 5.90. The van der Waals surface area contributed by atoms with Gasteiger partial charge in [-0.1, -0.05) is 25.8 Å². The summed E-state index contributed by atoms with van der Waals surface area (Å²) >= 11 is 0. The number of aromatic nitrogens is 1. The average Bonchev–Trinajstić information content (AvgIpc) is 2.65. The molecule has 1 aromatic heterocycles. The van der Waals surface area contributed by atoms with E-state index >= 15 is 0 Å². The Hall–Kier alpha value is -3.20. The summed E-state index contributed by atoms with van der Waals surface area (Å²) < 4.78 is 0. The molecule has 6 nitrogen and oxygen atoms in total. The van der Waals surface area contributed by atoms with Gasteiger partial charge in [0.25, 0.3) is 11.8 Å². The van der Waals surface area contributed by atoms with E-state index in [-0.39, 0.29) is 17.4 Å². The minimum Gasteiger partial charge on any atom is -0.352 e. The molecule has 6 heteroatoms. The van der Waals surface area contributed by atoms with E-state index in [1.165, 1.54) is 18.5 Å². The Kier molecular flexibility index (Phi) is 6.66. The van der Waals surface area contributed by atoms with Gasteiger partial charge in [0.15, 0.2) is 0 Å². The van der Waals surface area contributed by atoms with Crippen molar-refractivity contribution >= 4 is 17.5 Å². The van der Waals surface area contributed by atoms with Crippen LogP contribution in [0, 0.1) is 11.3 Å². The molecule has 0 atom stereocenters. The first-order valence-corrected chi connectivity index (χ1v) is 8.18. The van der Waals surface area contributed by atoms with Gasteiger partial charge in [-0.25, -0.2) is 0 Å². The molecule has 0 aliphatic carbocycles. The number of pyridine rings is 1. The van der Waals surface area contributed by atoms with Crippen LogP contribution in [0.5, 0.6) is 0 Å². The largest absolute Gasteiger partial charge is 0.352 e. The SMILES string of the molecule is CCCCCNC(=O)c1cncc(C(=O)Nc2cccc(C#N)c2)c1. The lowest BCUT2D eigenvalue weighted by molar-refractivity contribution is 0.0952. The van der Waals surface area contributed by atoms with Gasteiger partial charge in [0, 0.05) is 24.6 Å². The second-order valence-electron chi connectivity index (χ2n) is 5.57. The molecule has 0 aliphatic rings. The first-order chi connectivity index (χ1) is 12.1. The van der Waals surface area contributed by atoms with Crippen LogP contribution >= 0.6 is 0 Å². The third kappa shape index (κ3) is 5.43. The van der Waals surface area contributed by atoms with Gasteiger partial charge in [0.1, 0.15) is 0 Å². The van der Waals surface area contributed by atoms with Gasteiger partial charge < -0.3 is 10.6 Å². The Morgan fingerprint density at radius 3 is 2.60 bits per heavy atom. The Balaban J connectivity index is 2.03. The van der Waals surface area contributed by atoms with Crippen molar-refractivity contribution < 1.29 is 9.59 Å². The topological polar surface area (TPSA) is 94.9 Å². The summed E-state index contributed by atoms with van der Waals surface area (Å²) in [4.78, 5) is 28.4. The minimum absolute atomic E-state index is 0.246. The highest BCUT2D eigenvalue weighted by molar-refractivity contribution is 6.05. The predicted octanol–water partition coefficient (Wildman–Crippen LogP) is 3.13. The van der Waals surface area contributed by atoms with Crippen molar-refractivity contribution in [3.63, 3.8) is 0 Å². The highest BCUT2D eigenvalue weighted by Crippen LogP contribution is 2.12. The second-order valence-corrected chi connectivity index (χ2v) is 5.57. The molecule has 0 saturated heterocycles. The molecule has 25 heavy (non-hydrogen) atoms. The molecule has 2 N–H and O–H groups in total. The maximum atomic E-state index is 12.3. The summed E-state index contributed by atoms with van der Waals surface area (Å²) in [5.41, 5.74) is 1.59. The first kappa shape index (κ1) is 18.1. The molecule has 0 fully saturated rings. The van der Waals surface area contributed by atoms with Crippen LogP contribution in [-0.2, 0) is 0 Å². The normalized spacial score (nSPS) is 9.92. The third-order valence-corrected chi connectivity index (χ3v) is 3.58. The zero-order chi connectivity index (χ0) is 18.1. The third-order valence-electron chi connectivity index (χ3n) is 3.58. The minimum atomic E-state index is -0.386. The van der Waals surface area contributed by atoms with Crippen LogP contribution in [0.3, 0.4) is 0 Å². The van der Waals surface area contributed by atoms with E-state index in [1.54, 1.807) is 24.3 Å². The van der Waals surface area contributed by atoms with E-state index in [0.717, 1.165) is 19.3 Å². The quantitative estimate of drug-likeness (QED) is 0.759. The van der Waals surface area contributed by atoms with E-state index in [9.17, 15) is 9.59 Å². The average molecular weight is 336 g/mol. The van der Waals surface area contributed by atoms with Gasteiger partial charge in [-0.2, -0.15) is 5.26 Å². The van der Waals surface area contributed by atoms with Crippen molar-refractivity contribution in [3.05, 3.63) is 59.4 Å². The molecular formula is C19H20N4O2. The number of hydrogen-bond donors (Lipinski definition) is 2. The lowest BCUT2D eigenvalue weighted by Crippen LogP contribution is -2.25. The van der Waals surface area contributed by atoms with Crippen molar-refractivity contribution in [2.45, 2.75) is 26.2 Å². The van der Waals surface area contributed by atoms with Gasteiger partial charge in [-0.3, -0.25) is 14.6 Å². The molecule has 0 saturated carbocycles. The van der Waals surface area contributed by atoms with Crippen molar-refractivity contribution in [3.8, 4) is 6.07 Å². The molecule has 128 valence electrons. The smallest absolute Gasteiger partial charge is 0.257 e. The lowest BCUT2D eigenvalue weighted by atomic mass is 10.1. The summed E-state index contributed by atoms with van der Waals surface area (Å²) in [6.45, 7) is 2.70. The zero-order valence-electron chi connectivity index (χ0n) is 14.1. The Labute approximate surface area is 146 Å². The number of hydrogen-bond acceptors (Lipinski definition) is 4. The number of carbonyl (C=O) groups excluding carboxylic acids is 2. The van der Waals surface area contributed by atoms with E-state index < -0.39 is 0 Å². The van der Waals surface area contributed by atoms with Crippen LogP contribution in [0.4, 0.5) is 5.69 Å². The van der Waals surface area contributed by atoms with Gasteiger partial charge in [0.2, 0.25) is 0 Å². The molecule has 0 aliphatic heterocycles. The van der Waals surface area contributed by atoms with Crippen molar-refractivity contribution in [1.82, 2.24) is 10.3 Å². The molecule has 1 heterocycles. The fourth-order valence-electron chi connectivity index (χ4n) is 2.24. The van der Waals surface area contributed by atoms with Crippen molar-refractivity contribution in [1.29, 1.82) is 5.26 Å². The lowest BCUT2D eigenvalue weighted by Gasteiger charge is -2.08. The Morgan fingerprint density at radius 2 is 1.88 bits per heavy atom. The van der Waals surface area contributed by atoms with Crippen LogP contribution < -0.4 is 10.6 Å². The van der Waals surface area contributed by atoms with Crippen LogP contribution in [0.1, 0.15) is 52.5 Å². The number of anilines is 1. The molecule has 0 bridgehead atoms. The molecule has 0 radical (unpaired) electrons. The van der Waals surface area contributed by atoms with Crippen LogP contribution in [0.25, 0.3) is 0 Å². The second kappa shape index (κ2) is 9.18. The maximum absolute atomic E-state index is 12.3. The van der Waals surface area contributed by atoms with E-state index in [1.807, 2.05) is 6.07 Å².